The Balaban J connectivity index is 1.25. The summed E-state index contributed by atoms with van der Waals surface area (Å²) in [5.41, 5.74) is 5.69. The Morgan fingerprint density at radius 2 is 1.81 bits per heavy atom. The predicted molar refractivity (Wildman–Crippen MR) is 141 cm³/mol. The fourth-order valence-corrected chi connectivity index (χ4v) is 5.95. The van der Waals surface area contributed by atoms with Crippen molar-refractivity contribution >= 4 is 17.1 Å². The van der Waals surface area contributed by atoms with E-state index in [9.17, 15) is 4.79 Å². The maximum absolute atomic E-state index is 15.3. The molecule has 0 unspecified atom stereocenters. The zero-order valence-corrected chi connectivity index (χ0v) is 21.0. The summed E-state index contributed by atoms with van der Waals surface area (Å²) in [4.78, 5) is 22.7. The first-order valence-corrected chi connectivity index (χ1v) is 13.4. The Morgan fingerprint density at radius 3 is 2.59 bits per heavy atom. The highest BCUT2D eigenvalue weighted by Crippen LogP contribution is 2.40. The number of hydrogen-bond acceptors (Lipinski definition) is 4. The van der Waals surface area contributed by atoms with Gasteiger partial charge in [0.15, 0.2) is 0 Å². The van der Waals surface area contributed by atoms with Crippen LogP contribution in [0.2, 0.25) is 0 Å². The number of amides is 1. The molecule has 4 aromatic rings. The number of hydrogen-bond donors (Lipinski definition) is 0. The van der Waals surface area contributed by atoms with Gasteiger partial charge in [0.05, 0.1) is 17.3 Å². The second-order valence-electron chi connectivity index (χ2n) is 10.6. The molecule has 2 aromatic carbocycles. The van der Waals surface area contributed by atoms with Gasteiger partial charge < -0.3 is 9.80 Å². The summed E-state index contributed by atoms with van der Waals surface area (Å²) in [5.74, 6) is 0.747. The first-order chi connectivity index (χ1) is 18.1. The summed E-state index contributed by atoms with van der Waals surface area (Å²) < 4.78 is 17.1. The number of nitrogens with zero attached hydrogens (tertiary/aromatic N) is 5. The Kier molecular flexibility index (Phi) is 5.27. The molecule has 3 aliphatic rings. The number of benzene rings is 2. The van der Waals surface area contributed by atoms with Gasteiger partial charge in [0.2, 0.25) is 0 Å². The number of aromatic nitrogens is 3. The summed E-state index contributed by atoms with van der Waals surface area (Å²) in [7, 11) is 0. The van der Waals surface area contributed by atoms with Crippen LogP contribution in [0.1, 0.15) is 72.0 Å². The maximum Gasteiger partial charge on any atom is 0.273 e. The molecular formula is C30H30FN5O. The Labute approximate surface area is 215 Å². The first-order valence-electron chi connectivity index (χ1n) is 13.4. The van der Waals surface area contributed by atoms with Crippen molar-refractivity contribution in [3.63, 3.8) is 0 Å². The molecule has 1 saturated heterocycles. The quantitative estimate of drug-likeness (QED) is 0.361. The molecule has 0 bridgehead atoms. The van der Waals surface area contributed by atoms with Gasteiger partial charge in [-0.2, -0.15) is 5.10 Å². The average Bonchev–Trinajstić information content (AvgIpc) is 3.43. The van der Waals surface area contributed by atoms with Gasteiger partial charge in [-0.25, -0.2) is 13.9 Å². The van der Waals surface area contributed by atoms with E-state index < -0.39 is 0 Å². The lowest BCUT2D eigenvalue weighted by Gasteiger charge is -2.35. The Bertz CT molecular complexity index is 1520. The van der Waals surface area contributed by atoms with E-state index in [2.05, 4.69) is 30.0 Å². The first kappa shape index (κ1) is 22.5. The van der Waals surface area contributed by atoms with Crippen LogP contribution in [0, 0.1) is 5.82 Å². The smallest absolute Gasteiger partial charge is 0.273 e. The van der Waals surface area contributed by atoms with Crippen LogP contribution >= 0.6 is 0 Å². The molecule has 2 fully saturated rings. The highest BCUT2D eigenvalue weighted by Gasteiger charge is 2.33. The zero-order chi connectivity index (χ0) is 25.1. The number of carbonyl (C=O) groups excluding carboxylic acids is 1. The van der Waals surface area contributed by atoms with Crippen LogP contribution in [0.25, 0.3) is 16.8 Å². The van der Waals surface area contributed by atoms with Crippen LogP contribution < -0.4 is 4.90 Å². The number of rotatable bonds is 4. The molecule has 0 N–H and O–H groups in total. The van der Waals surface area contributed by atoms with E-state index in [-0.39, 0.29) is 23.7 Å². The van der Waals surface area contributed by atoms with Crippen molar-refractivity contribution in [1.29, 1.82) is 0 Å². The number of anilines is 1. The van der Waals surface area contributed by atoms with Gasteiger partial charge in [-0.3, -0.25) is 4.79 Å². The monoisotopic (exact) mass is 495 g/mol. The van der Waals surface area contributed by atoms with Crippen LogP contribution in [-0.2, 0) is 6.42 Å². The minimum atomic E-state index is -0.272. The van der Waals surface area contributed by atoms with Gasteiger partial charge in [0.25, 0.3) is 5.91 Å². The standard InChI is InChI=1S/C30H30FN5O/c1-19-24-7-3-2-6-20(24)12-15-35(19)30(37)28-18-23-17-27(33-36(23)29(32-28)21-8-9-21)25-11-10-22(16-26(25)31)34-13-4-5-14-34/h2-3,6-7,10-11,16-19,21H,4-5,8-9,12-15H2,1H3/t19-/m1/s1. The Hall–Kier alpha value is -3.74. The molecule has 188 valence electrons. The summed E-state index contributed by atoms with van der Waals surface area (Å²) in [6.07, 6.45) is 5.20. The van der Waals surface area contributed by atoms with Crippen molar-refractivity contribution in [1.82, 2.24) is 19.5 Å². The van der Waals surface area contributed by atoms with Crippen molar-refractivity contribution in [3.05, 3.63) is 83.1 Å². The van der Waals surface area contributed by atoms with E-state index in [1.54, 1.807) is 6.07 Å². The lowest BCUT2D eigenvalue weighted by atomic mass is 9.93. The predicted octanol–water partition coefficient (Wildman–Crippen LogP) is 5.77. The van der Waals surface area contributed by atoms with Gasteiger partial charge in [0, 0.05) is 36.8 Å². The van der Waals surface area contributed by atoms with Crippen molar-refractivity contribution in [3.8, 4) is 11.3 Å². The molecule has 1 saturated carbocycles. The van der Waals surface area contributed by atoms with Crippen molar-refractivity contribution < 1.29 is 9.18 Å². The molecule has 2 aromatic heterocycles. The summed E-state index contributed by atoms with van der Waals surface area (Å²) in [6, 6.07) is 17.5. The molecule has 7 heteroatoms. The van der Waals surface area contributed by atoms with Gasteiger partial charge in [-0.15, -0.1) is 0 Å². The molecule has 6 nitrogen and oxygen atoms in total. The number of halogens is 1. The fraction of sp³-hybridized carbons (Fsp3) is 0.367. The lowest BCUT2D eigenvalue weighted by Crippen LogP contribution is -2.39. The second-order valence-corrected chi connectivity index (χ2v) is 10.6. The maximum atomic E-state index is 15.3. The third-order valence-corrected chi connectivity index (χ3v) is 8.19. The van der Waals surface area contributed by atoms with Crippen LogP contribution in [0.3, 0.4) is 0 Å². The Morgan fingerprint density at radius 1 is 1.00 bits per heavy atom. The highest BCUT2D eigenvalue weighted by molar-refractivity contribution is 5.94. The van der Waals surface area contributed by atoms with E-state index >= 15 is 4.39 Å². The molecule has 2 aliphatic heterocycles. The topological polar surface area (TPSA) is 53.7 Å². The molecule has 1 atom stereocenters. The molecule has 7 rings (SSSR count). The largest absolute Gasteiger partial charge is 0.371 e. The zero-order valence-electron chi connectivity index (χ0n) is 21.0. The highest BCUT2D eigenvalue weighted by atomic mass is 19.1. The van der Waals surface area contributed by atoms with Crippen LogP contribution in [-0.4, -0.2) is 45.0 Å². The molecule has 37 heavy (non-hydrogen) atoms. The molecule has 4 heterocycles. The fourth-order valence-electron chi connectivity index (χ4n) is 5.95. The summed E-state index contributed by atoms with van der Waals surface area (Å²) in [6.45, 7) is 4.70. The van der Waals surface area contributed by atoms with Gasteiger partial charge >= 0.3 is 0 Å². The number of fused-ring (bicyclic) bond motifs is 2. The van der Waals surface area contributed by atoms with Gasteiger partial charge in [0.1, 0.15) is 17.3 Å². The van der Waals surface area contributed by atoms with Crippen molar-refractivity contribution in [2.45, 2.75) is 51.0 Å². The summed E-state index contributed by atoms with van der Waals surface area (Å²) >= 11 is 0. The van der Waals surface area contributed by atoms with Crippen LogP contribution in [0.15, 0.2) is 54.6 Å². The second kappa shape index (κ2) is 8.68. The third-order valence-electron chi connectivity index (χ3n) is 8.19. The molecule has 1 amide bonds. The van der Waals surface area contributed by atoms with Crippen molar-refractivity contribution in [2.75, 3.05) is 24.5 Å². The van der Waals surface area contributed by atoms with E-state index in [0.717, 1.165) is 62.2 Å². The van der Waals surface area contributed by atoms with Crippen LogP contribution in [0.5, 0.6) is 0 Å². The lowest BCUT2D eigenvalue weighted by molar-refractivity contribution is 0.0671. The van der Waals surface area contributed by atoms with E-state index in [0.29, 0.717) is 23.5 Å². The minimum Gasteiger partial charge on any atom is -0.371 e. The molecular weight excluding hydrogens is 465 g/mol. The van der Waals surface area contributed by atoms with E-state index in [1.807, 2.05) is 39.7 Å². The van der Waals surface area contributed by atoms with E-state index in [4.69, 9.17) is 10.1 Å². The number of carbonyl (C=O) groups is 1. The molecule has 1 aliphatic carbocycles. The molecule has 0 radical (unpaired) electrons. The van der Waals surface area contributed by atoms with Crippen molar-refractivity contribution in [2.24, 2.45) is 0 Å². The normalized spacial score (nSPS) is 19.5. The molecule has 0 spiro atoms. The third kappa shape index (κ3) is 3.88. The van der Waals surface area contributed by atoms with Gasteiger partial charge in [-0.05, 0) is 80.5 Å². The van der Waals surface area contributed by atoms with E-state index in [1.165, 1.54) is 11.1 Å². The average molecular weight is 496 g/mol. The minimum absolute atomic E-state index is 0.0106. The summed E-state index contributed by atoms with van der Waals surface area (Å²) in [5, 5.41) is 4.77. The van der Waals surface area contributed by atoms with Crippen LogP contribution in [0.4, 0.5) is 10.1 Å². The SMILES string of the molecule is C[C@@H]1c2ccccc2CCN1C(=O)c1cc2cc(-c3ccc(N4CCCC4)cc3F)nn2c(C2CC2)n1. The van der Waals surface area contributed by atoms with Gasteiger partial charge in [-0.1, -0.05) is 24.3 Å².